The Kier molecular flexibility index (Phi) is 6.12. The minimum absolute atomic E-state index is 0.0582. The number of amides is 1. The molecule has 0 saturated heterocycles. The molecule has 0 bridgehead atoms. The van der Waals surface area contributed by atoms with E-state index >= 15 is 0 Å². The number of carbonyl (C=O) groups excluding carboxylic acids is 1. The van der Waals surface area contributed by atoms with E-state index in [4.69, 9.17) is 20.2 Å². The lowest BCUT2D eigenvalue weighted by Gasteiger charge is -2.18. The van der Waals surface area contributed by atoms with Crippen molar-refractivity contribution in [3.05, 3.63) is 65.4 Å². The lowest BCUT2D eigenvalue weighted by atomic mass is 10.2. The molecule has 0 aliphatic heterocycles. The topological polar surface area (TPSA) is 117 Å². The van der Waals surface area contributed by atoms with E-state index in [-0.39, 0.29) is 12.1 Å². The highest BCUT2D eigenvalue weighted by atomic mass is 16.5. The van der Waals surface area contributed by atoms with Crippen LogP contribution in [0.25, 0.3) is 17.0 Å². The monoisotopic (exact) mass is 446 g/mol. The third kappa shape index (κ3) is 4.43. The van der Waals surface area contributed by atoms with Gasteiger partial charge in [0.25, 0.3) is 5.91 Å². The van der Waals surface area contributed by atoms with E-state index in [1.54, 1.807) is 16.7 Å². The number of nitrogens with zero attached hydrogens (tertiary/aromatic N) is 4. The average Bonchev–Trinajstić information content (AvgIpc) is 3.18. The Bertz CT molecular complexity index is 1300. The fourth-order valence-electron chi connectivity index (χ4n) is 3.53. The normalized spacial score (nSPS) is 11.1. The molecule has 3 N–H and O–H groups in total. The van der Waals surface area contributed by atoms with Crippen molar-refractivity contribution in [3.63, 3.8) is 0 Å². The summed E-state index contributed by atoms with van der Waals surface area (Å²) in [6.45, 7) is 6.31. The molecule has 2 heterocycles. The summed E-state index contributed by atoms with van der Waals surface area (Å²) in [5.41, 5.74) is 8.61. The molecule has 0 unspecified atom stereocenters. The number of ether oxygens (including phenoxy) is 2. The Morgan fingerprint density at radius 1 is 1.09 bits per heavy atom. The number of nitrogens with two attached hydrogens (primary N) is 1. The Morgan fingerprint density at radius 3 is 2.52 bits per heavy atom. The summed E-state index contributed by atoms with van der Waals surface area (Å²) in [5, 5.41) is 3.37. The summed E-state index contributed by atoms with van der Waals surface area (Å²) in [6.07, 6.45) is -0.0582. The molecule has 9 nitrogen and oxygen atoms in total. The average molecular weight is 447 g/mol. The first-order chi connectivity index (χ1) is 15.9. The standard InChI is InChI=1S/C24H26N6O3/c1-14(2)33-20-15(3)27-23(29-22(20)26-13-16-9-6-5-7-10-16)30-18-12-8-11-17(21(25)31)19(18)28-24(30)32-4/h5-12,14H,13H2,1-4H3,(H2,25,31)(H,26,27,29). The first kappa shape index (κ1) is 22.1. The number of imidazole rings is 1. The third-order valence-electron chi connectivity index (χ3n) is 4.98. The molecule has 33 heavy (non-hydrogen) atoms. The van der Waals surface area contributed by atoms with Crippen LogP contribution in [-0.4, -0.2) is 38.6 Å². The Hall–Kier alpha value is -4.14. The van der Waals surface area contributed by atoms with Crippen LogP contribution in [0.5, 0.6) is 11.8 Å². The van der Waals surface area contributed by atoms with Gasteiger partial charge in [0.1, 0.15) is 5.52 Å². The van der Waals surface area contributed by atoms with Crippen LogP contribution in [0.15, 0.2) is 48.5 Å². The number of hydrogen-bond acceptors (Lipinski definition) is 7. The fraction of sp³-hybridized carbons (Fsp3) is 0.250. The van der Waals surface area contributed by atoms with Gasteiger partial charge in [-0.15, -0.1) is 0 Å². The minimum atomic E-state index is -0.573. The van der Waals surface area contributed by atoms with Crippen LogP contribution < -0.4 is 20.5 Å². The maximum atomic E-state index is 11.9. The molecule has 4 rings (SSSR count). The molecule has 0 saturated carbocycles. The maximum absolute atomic E-state index is 11.9. The van der Waals surface area contributed by atoms with Gasteiger partial charge >= 0.3 is 6.01 Å². The minimum Gasteiger partial charge on any atom is -0.485 e. The second kappa shape index (κ2) is 9.15. The summed E-state index contributed by atoms with van der Waals surface area (Å²) in [6, 6.07) is 15.4. The second-order valence-corrected chi connectivity index (χ2v) is 7.76. The Morgan fingerprint density at radius 2 is 1.85 bits per heavy atom. The van der Waals surface area contributed by atoms with E-state index in [9.17, 15) is 4.79 Å². The number of methoxy groups -OCH3 is 1. The molecule has 170 valence electrons. The number of para-hydroxylation sites is 1. The van der Waals surface area contributed by atoms with E-state index in [0.29, 0.717) is 46.4 Å². The highest BCUT2D eigenvalue weighted by Gasteiger charge is 2.22. The largest absolute Gasteiger partial charge is 0.485 e. The zero-order valence-electron chi connectivity index (χ0n) is 19.0. The van der Waals surface area contributed by atoms with Crippen LogP contribution in [0.3, 0.4) is 0 Å². The van der Waals surface area contributed by atoms with Gasteiger partial charge in [-0.25, -0.2) is 9.55 Å². The quantitative estimate of drug-likeness (QED) is 0.424. The number of fused-ring (bicyclic) bond motifs is 1. The summed E-state index contributed by atoms with van der Waals surface area (Å²) < 4.78 is 13.2. The summed E-state index contributed by atoms with van der Waals surface area (Å²) in [4.78, 5) is 25.8. The number of primary amides is 1. The van der Waals surface area contributed by atoms with Crippen LogP contribution >= 0.6 is 0 Å². The van der Waals surface area contributed by atoms with Gasteiger partial charge in [-0.05, 0) is 38.5 Å². The predicted octanol–water partition coefficient (Wildman–Crippen LogP) is 3.63. The fourth-order valence-corrected chi connectivity index (χ4v) is 3.53. The van der Waals surface area contributed by atoms with Crippen LogP contribution in [-0.2, 0) is 6.54 Å². The zero-order chi connectivity index (χ0) is 23.5. The summed E-state index contributed by atoms with van der Waals surface area (Å²) in [5.74, 6) is 0.881. The summed E-state index contributed by atoms with van der Waals surface area (Å²) >= 11 is 0. The SMILES string of the molecule is COc1nc2c(C(N)=O)cccc2n1-c1nc(C)c(OC(C)C)c(NCc2ccccc2)n1. The van der Waals surface area contributed by atoms with Gasteiger partial charge in [0.15, 0.2) is 11.6 Å². The maximum Gasteiger partial charge on any atom is 0.304 e. The van der Waals surface area contributed by atoms with Crippen LogP contribution in [0, 0.1) is 6.92 Å². The zero-order valence-corrected chi connectivity index (χ0v) is 19.0. The number of rotatable bonds is 8. The van der Waals surface area contributed by atoms with Crippen molar-refractivity contribution in [2.45, 2.75) is 33.4 Å². The smallest absolute Gasteiger partial charge is 0.304 e. The molecule has 2 aromatic heterocycles. The molecular weight excluding hydrogens is 420 g/mol. The third-order valence-corrected chi connectivity index (χ3v) is 4.98. The van der Waals surface area contributed by atoms with Crippen molar-refractivity contribution in [2.24, 2.45) is 5.73 Å². The van der Waals surface area contributed by atoms with Gasteiger partial charge in [-0.3, -0.25) is 4.79 Å². The lowest BCUT2D eigenvalue weighted by Crippen LogP contribution is -2.15. The molecular formula is C24H26N6O3. The first-order valence-corrected chi connectivity index (χ1v) is 10.6. The van der Waals surface area contributed by atoms with Gasteiger partial charge in [0.2, 0.25) is 5.95 Å². The van der Waals surface area contributed by atoms with Crippen molar-refractivity contribution >= 4 is 22.8 Å². The van der Waals surface area contributed by atoms with Gasteiger partial charge in [0, 0.05) is 6.54 Å². The number of nitrogens with one attached hydrogen (secondary N) is 1. The van der Waals surface area contributed by atoms with Crippen molar-refractivity contribution < 1.29 is 14.3 Å². The van der Waals surface area contributed by atoms with E-state index in [1.165, 1.54) is 7.11 Å². The summed E-state index contributed by atoms with van der Waals surface area (Å²) in [7, 11) is 1.50. The molecule has 0 aliphatic rings. The Labute approximate surface area is 191 Å². The number of aromatic nitrogens is 4. The van der Waals surface area contributed by atoms with E-state index in [1.807, 2.05) is 57.2 Å². The van der Waals surface area contributed by atoms with Crippen molar-refractivity contribution in [3.8, 4) is 17.7 Å². The van der Waals surface area contributed by atoms with Crippen molar-refractivity contribution in [1.29, 1.82) is 0 Å². The van der Waals surface area contributed by atoms with E-state index < -0.39 is 5.91 Å². The second-order valence-electron chi connectivity index (χ2n) is 7.76. The molecule has 4 aromatic rings. The van der Waals surface area contributed by atoms with Gasteiger partial charge in [-0.2, -0.15) is 9.97 Å². The Balaban J connectivity index is 1.86. The van der Waals surface area contributed by atoms with Gasteiger partial charge < -0.3 is 20.5 Å². The van der Waals surface area contributed by atoms with Crippen molar-refractivity contribution in [2.75, 3.05) is 12.4 Å². The molecule has 1 amide bonds. The number of benzene rings is 2. The first-order valence-electron chi connectivity index (χ1n) is 10.6. The highest BCUT2D eigenvalue weighted by Crippen LogP contribution is 2.32. The molecule has 2 aromatic carbocycles. The number of carbonyl (C=O) groups is 1. The van der Waals surface area contributed by atoms with Crippen molar-refractivity contribution in [1.82, 2.24) is 19.5 Å². The molecule has 0 spiro atoms. The number of aryl methyl sites for hydroxylation is 1. The molecule has 0 aliphatic carbocycles. The van der Waals surface area contributed by atoms with Crippen LogP contribution in [0.2, 0.25) is 0 Å². The molecule has 9 heteroatoms. The molecule has 0 atom stereocenters. The molecule has 0 fully saturated rings. The number of hydrogen-bond donors (Lipinski definition) is 2. The van der Waals surface area contributed by atoms with E-state index in [2.05, 4.69) is 15.3 Å². The lowest BCUT2D eigenvalue weighted by molar-refractivity contribution is 0.100. The van der Waals surface area contributed by atoms with Gasteiger partial charge in [-0.1, -0.05) is 36.4 Å². The highest BCUT2D eigenvalue weighted by molar-refractivity contribution is 6.04. The van der Waals surface area contributed by atoms with E-state index in [0.717, 1.165) is 5.56 Å². The van der Waals surface area contributed by atoms with Gasteiger partial charge in [0.05, 0.1) is 30.0 Å². The molecule has 0 radical (unpaired) electrons. The van der Waals surface area contributed by atoms with Crippen LogP contribution in [0.1, 0.15) is 35.5 Å². The van der Waals surface area contributed by atoms with Crippen LogP contribution in [0.4, 0.5) is 5.82 Å². The predicted molar refractivity (Wildman–Crippen MR) is 126 cm³/mol. The number of anilines is 1.